The van der Waals surface area contributed by atoms with Gasteiger partial charge >= 0.3 is 0 Å². The van der Waals surface area contributed by atoms with Crippen LogP contribution in [0, 0.1) is 0 Å². The number of halogens is 2. The van der Waals surface area contributed by atoms with Gasteiger partial charge in [-0.2, -0.15) is 0 Å². The van der Waals surface area contributed by atoms with Gasteiger partial charge in [-0.05, 0) is 24.7 Å². The maximum atomic E-state index is 6.18. The number of benzene rings is 1. The normalized spacial score (nSPS) is 11.2. The molecule has 0 saturated heterocycles. The van der Waals surface area contributed by atoms with E-state index in [-0.39, 0.29) is 0 Å². The molecule has 0 unspecified atom stereocenters. The third-order valence-electron chi connectivity index (χ3n) is 2.47. The van der Waals surface area contributed by atoms with Crippen molar-refractivity contribution in [1.29, 1.82) is 0 Å². The molecule has 1 aromatic heterocycles. The Morgan fingerprint density at radius 1 is 1.27 bits per heavy atom. The molecule has 0 atom stereocenters. The molecule has 0 bridgehead atoms. The largest absolute Gasteiger partial charge is 0.349 e. The fraction of sp³-hybridized carbons (Fsp3) is 0.273. The first-order chi connectivity index (χ1) is 7.15. The third kappa shape index (κ3) is 1.73. The zero-order valence-electron chi connectivity index (χ0n) is 8.64. The van der Waals surface area contributed by atoms with Gasteiger partial charge in [-0.25, -0.2) is 0 Å². The van der Waals surface area contributed by atoms with Crippen molar-refractivity contribution in [3.8, 4) is 0 Å². The number of nitrogens with zero attached hydrogens (tertiary/aromatic N) is 1. The summed E-state index contributed by atoms with van der Waals surface area (Å²) < 4.78 is 2.01. The second-order valence-electron chi connectivity index (χ2n) is 3.55. The van der Waals surface area contributed by atoms with Crippen molar-refractivity contribution in [3.63, 3.8) is 0 Å². The third-order valence-corrected chi connectivity index (χ3v) is 3.09. The molecule has 0 fully saturated rings. The van der Waals surface area contributed by atoms with Crippen LogP contribution in [0.5, 0.6) is 0 Å². The van der Waals surface area contributed by atoms with Crippen LogP contribution in [0.25, 0.3) is 10.9 Å². The standard InChI is InChI=1S/C11H12Cl2N2/c1-14-5-7-6-15(2)11-9(13)4-3-8(12)10(7)11/h3-4,6,14H,5H2,1-2H3. The van der Waals surface area contributed by atoms with Crippen LogP contribution in [-0.4, -0.2) is 11.6 Å². The monoisotopic (exact) mass is 242 g/mol. The highest BCUT2D eigenvalue weighted by atomic mass is 35.5. The molecule has 1 N–H and O–H groups in total. The molecule has 0 saturated carbocycles. The molecule has 2 rings (SSSR count). The Kier molecular flexibility index (Phi) is 2.91. The van der Waals surface area contributed by atoms with E-state index in [0.717, 1.165) is 27.5 Å². The Balaban J connectivity index is 2.80. The van der Waals surface area contributed by atoms with Crippen molar-refractivity contribution in [2.45, 2.75) is 6.54 Å². The Hall–Kier alpha value is -0.700. The van der Waals surface area contributed by atoms with Crippen molar-refractivity contribution in [1.82, 2.24) is 9.88 Å². The summed E-state index contributed by atoms with van der Waals surface area (Å²) in [6.45, 7) is 0.789. The van der Waals surface area contributed by atoms with Gasteiger partial charge in [0.05, 0.1) is 15.6 Å². The summed E-state index contributed by atoms with van der Waals surface area (Å²) in [4.78, 5) is 0. The summed E-state index contributed by atoms with van der Waals surface area (Å²) >= 11 is 12.3. The molecule has 2 nitrogen and oxygen atoms in total. The fourth-order valence-corrected chi connectivity index (χ4v) is 2.44. The van der Waals surface area contributed by atoms with Crippen LogP contribution in [0.1, 0.15) is 5.56 Å². The van der Waals surface area contributed by atoms with Gasteiger partial charge in [0.2, 0.25) is 0 Å². The molecule has 0 amide bonds. The van der Waals surface area contributed by atoms with Crippen LogP contribution in [0.3, 0.4) is 0 Å². The van der Waals surface area contributed by atoms with Crippen LogP contribution in [0.2, 0.25) is 10.0 Å². The zero-order chi connectivity index (χ0) is 11.0. The summed E-state index contributed by atoms with van der Waals surface area (Å²) in [7, 11) is 3.89. The minimum atomic E-state index is 0.735. The molecule has 15 heavy (non-hydrogen) atoms. The second-order valence-corrected chi connectivity index (χ2v) is 4.36. The van der Waals surface area contributed by atoms with Crippen LogP contribution in [0.4, 0.5) is 0 Å². The molecule has 1 aromatic carbocycles. The van der Waals surface area contributed by atoms with E-state index in [2.05, 4.69) is 11.5 Å². The molecular weight excluding hydrogens is 231 g/mol. The molecule has 80 valence electrons. The maximum Gasteiger partial charge on any atom is 0.0685 e. The van der Waals surface area contributed by atoms with Crippen molar-refractivity contribution in [3.05, 3.63) is 33.9 Å². The number of nitrogens with one attached hydrogen (secondary N) is 1. The summed E-state index contributed by atoms with van der Waals surface area (Å²) in [6, 6.07) is 3.67. The zero-order valence-corrected chi connectivity index (χ0v) is 10.2. The van der Waals surface area contributed by atoms with Crippen LogP contribution in [0.15, 0.2) is 18.3 Å². The quantitative estimate of drug-likeness (QED) is 0.856. The number of aryl methyl sites for hydroxylation is 1. The predicted octanol–water partition coefficient (Wildman–Crippen LogP) is 3.20. The van der Waals surface area contributed by atoms with E-state index in [0.29, 0.717) is 0 Å². The van der Waals surface area contributed by atoms with Gasteiger partial charge in [0.1, 0.15) is 0 Å². The smallest absolute Gasteiger partial charge is 0.0685 e. The molecule has 0 aliphatic heterocycles. The molecule has 0 radical (unpaired) electrons. The maximum absolute atomic E-state index is 6.18. The van der Waals surface area contributed by atoms with Crippen molar-refractivity contribution < 1.29 is 0 Å². The van der Waals surface area contributed by atoms with Gasteiger partial charge < -0.3 is 9.88 Å². The first kappa shape index (κ1) is 10.8. The van der Waals surface area contributed by atoms with Gasteiger partial charge in [-0.1, -0.05) is 23.2 Å². The Labute approximate surface area is 98.8 Å². The SMILES string of the molecule is CNCc1cn(C)c2c(Cl)ccc(Cl)c12. The van der Waals surface area contributed by atoms with Crippen molar-refractivity contribution in [2.75, 3.05) is 7.05 Å². The van der Waals surface area contributed by atoms with E-state index in [1.807, 2.05) is 30.8 Å². The van der Waals surface area contributed by atoms with Gasteiger partial charge in [0.25, 0.3) is 0 Å². The van der Waals surface area contributed by atoms with Crippen molar-refractivity contribution in [2.24, 2.45) is 7.05 Å². The van der Waals surface area contributed by atoms with Gasteiger partial charge in [-0.15, -0.1) is 0 Å². The topological polar surface area (TPSA) is 17.0 Å². The van der Waals surface area contributed by atoms with Gasteiger partial charge in [0.15, 0.2) is 0 Å². The molecule has 0 spiro atoms. The summed E-state index contributed by atoms with van der Waals surface area (Å²) in [5, 5.41) is 5.65. The lowest BCUT2D eigenvalue weighted by atomic mass is 10.2. The molecule has 4 heteroatoms. The van der Waals surface area contributed by atoms with E-state index < -0.39 is 0 Å². The first-order valence-electron chi connectivity index (χ1n) is 4.71. The highest BCUT2D eigenvalue weighted by molar-refractivity contribution is 6.40. The second kappa shape index (κ2) is 4.05. The van der Waals surface area contributed by atoms with Gasteiger partial charge in [-0.3, -0.25) is 0 Å². The number of hydrogen-bond donors (Lipinski definition) is 1. The molecule has 0 aliphatic rings. The van der Waals surface area contributed by atoms with Crippen LogP contribution < -0.4 is 5.32 Å². The summed E-state index contributed by atoms with van der Waals surface area (Å²) in [5.41, 5.74) is 2.16. The molecule has 0 aliphatic carbocycles. The minimum absolute atomic E-state index is 0.735. The highest BCUT2D eigenvalue weighted by Gasteiger charge is 2.12. The molecule has 1 heterocycles. The Morgan fingerprint density at radius 2 is 1.93 bits per heavy atom. The first-order valence-corrected chi connectivity index (χ1v) is 5.47. The minimum Gasteiger partial charge on any atom is -0.349 e. The fourth-order valence-electron chi connectivity index (χ4n) is 1.88. The van der Waals surface area contributed by atoms with Crippen LogP contribution in [-0.2, 0) is 13.6 Å². The molecular formula is C11H12Cl2N2. The number of rotatable bonds is 2. The molecule has 2 aromatic rings. The summed E-state index contributed by atoms with van der Waals surface area (Å²) in [5.74, 6) is 0. The van der Waals surface area contributed by atoms with E-state index in [1.54, 1.807) is 0 Å². The van der Waals surface area contributed by atoms with Gasteiger partial charge in [0, 0.05) is 25.2 Å². The highest BCUT2D eigenvalue weighted by Crippen LogP contribution is 2.33. The Morgan fingerprint density at radius 3 is 2.60 bits per heavy atom. The summed E-state index contributed by atoms with van der Waals surface area (Å²) in [6.07, 6.45) is 2.05. The number of fused-ring (bicyclic) bond motifs is 1. The van der Waals surface area contributed by atoms with E-state index in [9.17, 15) is 0 Å². The van der Waals surface area contributed by atoms with E-state index in [1.165, 1.54) is 5.56 Å². The number of aromatic nitrogens is 1. The average molecular weight is 243 g/mol. The lowest BCUT2D eigenvalue weighted by molar-refractivity contribution is 0.815. The average Bonchev–Trinajstić information content (AvgIpc) is 2.51. The number of hydrogen-bond acceptors (Lipinski definition) is 1. The van der Waals surface area contributed by atoms with Crippen LogP contribution >= 0.6 is 23.2 Å². The van der Waals surface area contributed by atoms with Crippen molar-refractivity contribution >= 4 is 34.1 Å². The van der Waals surface area contributed by atoms with E-state index in [4.69, 9.17) is 23.2 Å². The van der Waals surface area contributed by atoms with E-state index >= 15 is 0 Å². The Bertz CT molecular complexity index is 503. The lowest BCUT2D eigenvalue weighted by Gasteiger charge is -2.01. The predicted molar refractivity (Wildman–Crippen MR) is 65.7 cm³/mol. The lowest BCUT2D eigenvalue weighted by Crippen LogP contribution is -2.04.